The van der Waals surface area contributed by atoms with Crippen LogP contribution in [0.5, 0.6) is 5.75 Å². The monoisotopic (exact) mass is 265 g/mol. The van der Waals surface area contributed by atoms with Crippen molar-refractivity contribution < 1.29 is 9.47 Å². The Labute approximate surface area is 117 Å². The first-order chi connectivity index (χ1) is 9.24. The highest BCUT2D eigenvalue weighted by Crippen LogP contribution is 2.17. The topological polar surface area (TPSA) is 30.5 Å². The Morgan fingerprint density at radius 1 is 1.11 bits per heavy atom. The summed E-state index contributed by atoms with van der Waals surface area (Å²) >= 11 is 0. The molecule has 0 spiro atoms. The lowest BCUT2D eigenvalue weighted by molar-refractivity contribution is 0.0977. The first-order valence-corrected chi connectivity index (χ1v) is 7.26. The summed E-state index contributed by atoms with van der Waals surface area (Å²) in [6.45, 7) is 9.39. The van der Waals surface area contributed by atoms with Crippen molar-refractivity contribution in [1.82, 2.24) is 5.32 Å². The minimum atomic E-state index is 0.477. The Hall–Kier alpha value is -1.06. The predicted octanol–water partition coefficient (Wildman–Crippen LogP) is 3.38. The highest BCUT2D eigenvalue weighted by molar-refractivity contribution is 5.33. The molecule has 0 saturated carbocycles. The van der Waals surface area contributed by atoms with Gasteiger partial charge in [0.05, 0.1) is 6.61 Å². The quantitative estimate of drug-likeness (QED) is 0.658. The van der Waals surface area contributed by atoms with E-state index in [1.807, 2.05) is 18.2 Å². The molecule has 0 heterocycles. The minimum Gasteiger partial charge on any atom is -0.491 e. The van der Waals surface area contributed by atoms with Gasteiger partial charge >= 0.3 is 0 Å². The first-order valence-electron chi connectivity index (χ1n) is 7.26. The Bertz CT molecular complexity index is 339. The summed E-state index contributed by atoms with van der Waals surface area (Å²) in [5, 5.41) is 3.41. The van der Waals surface area contributed by atoms with Gasteiger partial charge in [0.1, 0.15) is 12.4 Å². The third kappa shape index (κ3) is 7.19. The molecule has 0 saturated heterocycles. The zero-order valence-electron chi connectivity index (χ0n) is 12.4. The second kappa shape index (κ2) is 9.82. The molecule has 0 amide bonds. The molecule has 108 valence electrons. The number of ether oxygens (including phenoxy) is 2. The van der Waals surface area contributed by atoms with Crippen molar-refractivity contribution >= 4 is 0 Å². The number of para-hydroxylation sites is 1. The molecule has 1 aromatic carbocycles. The van der Waals surface area contributed by atoms with E-state index >= 15 is 0 Å². The number of hydrogen-bond acceptors (Lipinski definition) is 3. The molecule has 0 radical (unpaired) electrons. The number of benzene rings is 1. The zero-order chi connectivity index (χ0) is 13.9. The molecular formula is C16H27NO2. The molecule has 0 aliphatic heterocycles. The lowest BCUT2D eigenvalue weighted by Crippen LogP contribution is -2.22. The van der Waals surface area contributed by atoms with Gasteiger partial charge in [-0.05, 0) is 12.5 Å². The first kappa shape index (κ1) is 16.0. The highest BCUT2D eigenvalue weighted by atomic mass is 16.5. The Morgan fingerprint density at radius 3 is 2.63 bits per heavy atom. The van der Waals surface area contributed by atoms with Gasteiger partial charge in [0.15, 0.2) is 0 Å². The van der Waals surface area contributed by atoms with Gasteiger partial charge in [-0.2, -0.15) is 0 Å². The molecule has 0 aliphatic carbocycles. The fourth-order valence-electron chi connectivity index (χ4n) is 1.66. The van der Waals surface area contributed by atoms with Crippen LogP contribution >= 0.6 is 0 Å². The van der Waals surface area contributed by atoms with Crippen molar-refractivity contribution in [2.24, 2.45) is 0 Å². The van der Waals surface area contributed by atoms with Crippen LogP contribution in [0.1, 0.15) is 39.2 Å². The van der Waals surface area contributed by atoms with Crippen LogP contribution in [0.3, 0.4) is 0 Å². The summed E-state index contributed by atoms with van der Waals surface area (Å²) in [4.78, 5) is 0. The van der Waals surface area contributed by atoms with E-state index in [2.05, 4.69) is 32.2 Å². The highest BCUT2D eigenvalue weighted by Gasteiger charge is 2.03. The van der Waals surface area contributed by atoms with E-state index in [0.717, 1.165) is 25.3 Å². The number of unbranched alkanes of at least 4 members (excludes halogenated alkanes) is 1. The Kier molecular flexibility index (Phi) is 8.26. The van der Waals surface area contributed by atoms with Gasteiger partial charge in [-0.1, -0.05) is 45.4 Å². The SMILES string of the molecule is CCCCOCCOc1ccccc1CNC(C)C. The van der Waals surface area contributed by atoms with E-state index in [1.54, 1.807) is 0 Å². The fourth-order valence-corrected chi connectivity index (χ4v) is 1.66. The van der Waals surface area contributed by atoms with E-state index in [9.17, 15) is 0 Å². The third-order valence-electron chi connectivity index (χ3n) is 2.80. The zero-order valence-corrected chi connectivity index (χ0v) is 12.4. The fraction of sp³-hybridized carbons (Fsp3) is 0.625. The molecule has 3 heteroatoms. The van der Waals surface area contributed by atoms with Crippen LogP contribution in [0.15, 0.2) is 24.3 Å². The van der Waals surface area contributed by atoms with Gasteiger partial charge in [0.2, 0.25) is 0 Å². The summed E-state index contributed by atoms with van der Waals surface area (Å²) in [6.07, 6.45) is 2.29. The molecule has 0 fully saturated rings. The second-order valence-corrected chi connectivity index (χ2v) is 4.96. The van der Waals surface area contributed by atoms with Crippen LogP contribution < -0.4 is 10.1 Å². The lowest BCUT2D eigenvalue weighted by atomic mass is 10.2. The lowest BCUT2D eigenvalue weighted by Gasteiger charge is -2.13. The van der Waals surface area contributed by atoms with Crippen LogP contribution in [-0.4, -0.2) is 25.9 Å². The molecule has 1 aromatic rings. The van der Waals surface area contributed by atoms with Gasteiger partial charge in [0, 0.05) is 24.8 Å². The number of rotatable bonds is 10. The maximum Gasteiger partial charge on any atom is 0.123 e. The van der Waals surface area contributed by atoms with Crippen molar-refractivity contribution in [1.29, 1.82) is 0 Å². The standard InChI is InChI=1S/C16H27NO2/c1-4-5-10-18-11-12-19-16-9-7-6-8-15(16)13-17-14(2)3/h6-9,14,17H,4-5,10-13H2,1-3H3. The van der Waals surface area contributed by atoms with Gasteiger partial charge in [0.25, 0.3) is 0 Å². The molecule has 0 aromatic heterocycles. The molecule has 0 aliphatic rings. The summed E-state index contributed by atoms with van der Waals surface area (Å²) < 4.78 is 11.3. The Morgan fingerprint density at radius 2 is 1.89 bits per heavy atom. The van der Waals surface area contributed by atoms with Gasteiger partial charge < -0.3 is 14.8 Å². The number of nitrogens with one attached hydrogen (secondary N) is 1. The minimum absolute atomic E-state index is 0.477. The largest absolute Gasteiger partial charge is 0.491 e. The Balaban J connectivity index is 2.31. The van der Waals surface area contributed by atoms with Crippen molar-refractivity contribution in [3.05, 3.63) is 29.8 Å². The maximum atomic E-state index is 5.78. The summed E-state index contributed by atoms with van der Waals surface area (Å²) in [5.41, 5.74) is 1.20. The molecule has 1 N–H and O–H groups in total. The molecule has 0 atom stereocenters. The summed E-state index contributed by atoms with van der Waals surface area (Å²) in [6, 6.07) is 8.64. The maximum absolute atomic E-state index is 5.78. The molecule has 19 heavy (non-hydrogen) atoms. The van der Waals surface area contributed by atoms with Gasteiger partial charge in [-0.3, -0.25) is 0 Å². The van der Waals surface area contributed by atoms with Crippen LogP contribution in [-0.2, 0) is 11.3 Å². The molecular weight excluding hydrogens is 238 g/mol. The third-order valence-corrected chi connectivity index (χ3v) is 2.80. The average Bonchev–Trinajstić information content (AvgIpc) is 2.41. The molecule has 1 rings (SSSR count). The van der Waals surface area contributed by atoms with Crippen molar-refractivity contribution in [3.63, 3.8) is 0 Å². The van der Waals surface area contributed by atoms with Crippen LogP contribution in [0.25, 0.3) is 0 Å². The number of hydrogen-bond donors (Lipinski definition) is 1. The predicted molar refractivity (Wildman–Crippen MR) is 79.6 cm³/mol. The van der Waals surface area contributed by atoms with Crippen LogP contribution in [0, 0.1) is 0 Å². The van der Waals surface area contributed by atoms with E-state index in [0.29, 0.717) is 19.3 Å². The molecule has 3 nitrogen and oxygen atoms in total. The van der Waals surface area contributed by atoms with Crippen molar-refractivity contribution in [3.8, 4) is 5.75 Å². The van der Waals surface area contributed by atoms with E-state index < -0.39 is 0 Å². The van der Waals surface area contributed by atoms with Crippen LogP contribution in [0.4, 0.5) is 0 Å². The smallest absolute Gasteiger partial charge is 0.123 e. The molecule has 0 bridgehead atoms. The van der Waals surface area contributed by atoms with Gasteiger partial charge in [-0.15, -0.1) is 0 Å². The summed E-state index contributed by atoms with van der Waals surface area (Å²) in [5.74, 6) is 0.953. The summed E-state index contributed by atoms with van der Waals surface area (Å²) in [7, 11) is 0. The van der Waals surface area contributed by atoms with E-state index in [1.165, 1.54) is 12.0 Å². The second-order valence-electron chi connectivity index (χ2n) is 4.96. The van der Waals surface area contributed by atoms with Crippen molar-refractivity contribution in [2.75, 3.05) is 19.8 Å². The normalized spacial score (nSPS) is 10.9. The van der Waals surface area contributed by atoms with Gasteiger partial charge in [-0.25, -0.2) is 0 Å². The van der Waals surface area contributed by atoms with E-state index in [4.69, 9.17) is 9.47 Å². The van der Waals surface area contributed by atoms with E-state index in [-0.39, 0.29) is 0 Å². The molecule has 0 unspecified atom stereocenters. The van der Waals surface area contributed by atoms with Crippen molar-refractivity contribution in [2.45, 2.75) is 46.2 Å². The average molecular weight is 265 g/mol. The van der Waals surface area contributed by atoms with Crippen LogP contribution in [0.2, 0.25) is 0 Å².